The molecule has 100 valence electrons. The van der Waals surface area contributed by atoms with Gasteiger partial charge in [0.2, 0.25) is 5.91 Å². The zero-order valence-electron chi connectivity index (χ0n) is 10.3. The Balaban J connectivity index is 2.05. The molecule has 2 N–H and O–H groups in total. The molecule has 0 bridgehead atoms. The largest absolute Gasteiger partial charge is 0.481 e. The second-order valence-corrected chi connectivity index (χ2v) is 5.71. The van der Waals surface area contributed by atoms with E-state index in [0.29, 0.717) is 23.4 Å². The molecule has 0 radical (unpaired) electrons. The minimum atomic E-state index is -0.922. The molecule has 1 fully saturated rings. The summed E-state index contributed by atoms with van der Waals surface area (Å²) >= 11 is 1.27. The lowest BCUT2D eigenvalue weighted by atomic mass is 9.82. The van der Waals surface area contributed by atoms with Crippen molar-refractivity contribution in [3.8, 4) is 6.07 Å². The zero-order chi connectivity index (χ0) is 13.9. The van der Waals surface area contributed by atoms with Crippen molar-refractivity contribution >= 4 is 28.2 Å². The molecular weight excluding hydrogens is 264 g/mol. The van der Waals surface area contributed by atoms with E-state index in [0.717, 1.165) is 12.8 Å². The normalized spacial score (nSPS) is 16.8. The van der Waals surface area contributed by atoms with E-state index < -0.39 is 11.4 Å². The number of hydrogen-bond acceptors (Lipinski definition) is 4. The summed E-state index contributed by atoms with van der Waals surface area (Å²) in [5, 5.41) is 23.0. The fourth-order valence-electron chi connectivity index (χ4n) is 2.49. The highest BCUT2D eigenvalue weighted by molar-refractivity contribution is 7.14. The van der Waals surface area contributed by atoms with Crippen molar-refractivity contribution in [1.82, 2.24) is 0 Å². The molecule has 1 heterocycles. The molecule has 0 saturated heterocycles. The molecule has 6 heteroatoms. The van der Waals surface area contributed by atoms with Gasteiger partial charge in [-0.1, -0.05) is 12.8 Å². The van der Waals surface area contributed by atoms with Crippen LogP contribution >= 0.6 is 11.3 Å². The van der Waals surface area contributed by atoms with Crippen LogP contribution in [-0.4, -0.2) is 17.0 Å². The van der Waals surface area contributed by atoms with Crippen LogP contribution in [0.2, 0.25) is 0 Å². The zero-order valence-corrected chi connectivity index (χ0v) is 11.1. The second kappa shape index (κ2) is 5.41. The fourth-order valence-corrected chi connectivity index (χ4v) is 3.24. The average Bonchev–Trinajstić information content (AvgIpc) is 2.98. The van der Waals surface area contributed by atoms with Crippen LogP contribution in [0.15, 0.2) is 11.4 Å². The van der Waals surface area contributed by atoms with Crippen LogP contribution < -0.4 is 5.32 Å². The standard InChI is InChI=1S/C13H14N2O3S/c14-8-9-3-6-19-11(9)15-10(16)7-13(12(17)18)4-1-2-5-13/h3,6H,1-2,4-5,7H2,(H,15,16)(H,17,18). The molecule has 2 rings (SSSR count). The van der Waals surface area contributed by atoms with E-state index in [-0.39, 0.29) is 12.3 Å². The van der Waals surface area contributed by atoms with Gasteiger partial charge in [0.1, 0.15) is 11.1 Å². The van der Waals surface area contributed by atoms with Gasteiger partial charge in [-0.3, -0.25) is 9.59 Å². The van der Waals surface area contributed by atoms with Crippen LogP contribution in [0.25, 0.3) is 0 Å². The third-order valence-corrected chi connectivity index (χ3v) is 4.38. The highest BCUT2D eigenvalue weighted by Gasteiger charge is 2.43. The number of nitrogens with one attached hydrogen (secondary N) is 1. The third-order valence-electron chi connectivity index (χ3n) is 3.55. The van der Waals surface area contributed by atoms with Crippen LogP contribution in [0, 0.1) is 16.7 Å². The van der Waals surface area contributed by atoms with Crippen molar-refractivity contribution in [3.63, 3.8) is 0 Å². The lowest BCUT2D eigenvalue weighted by Gasteiger charge is -2.22. The molecular formula is C13H14N2O3S. The number of rotatable bonds is 4. The minimum Gasteiger partial charge on any atom is -0.481 e. The van der Waals surface area contributed by atoms with Crippen molar-refractivity contribution in [2.24, 2.45) is 5.41 Å². The number of hydrogen-bond donors (Lipinski definition) is 2. The number of carboxylic acid groups (broad SMARTS) is 1. The smallest absolute Gasteiger partial charge is 0.310 e. The Morgan fingerprint density at radius 2 is 2.16 bits per heavy atom. The van der Waals surface area contributed by atoms with Gasteiger partial charge in [0.05, 0.1) is 11.0 Å². The van der Waals surface area contributed by atoms with Crippen molar-refractivity contribution in [2.75, 3.05) is 5.32 Å². The number of carboxylic acids is 1. The first-order chi connectivity index (χ1) is 9.07. The lowest BCUT2D eigenvalue weighted by molar-refractivity contribution is -0.150. The Morgan fingerprint density at radius 3 is 2.74 bits per heavy atom. The highest BCUT2D eigenvalue weighted by Crippen LogP contribution is 2.41. The first kappa shape index (κ1) is 13.6. The molecule has 0 spiro atoms. The van der Waals surface area contributed by atoms with Crippen LogP contribution in [-0.2, 0) is 9.59 Å². The minimum absolute atomic E-state index is 0.0227. The van der Waals surface area contributed by atoms with Crippen LogP contribution in [0.5, 0.6) is 0 Å². The van der Waals surface area contributed by atoms with E-state index in [4.69, 9.17) is 5.26 Å². The monoisotopic (exact) mass is 278 g/mol. The van der Waals surface area contributed by atoms with E-state index >= 15 is 0 Å². The SMILES string of the molecule is N#Cc1ccsc1NC(=O)CC1(C(=O)O)CCCC1. The van der Waals surface area contributed by atoms with Gasteiger partial charge in [-0.2, -0.15) is 5.26 Å². The maximum Gasteiger partial charge on any atom is 0.310 e. The summed E-state index contributed by atoms with van der Waals surface area (Å²) in [6, 6.07) is 3.61. The van der Waals surface area contributed by atoms with E-state index in [1.165, 1.54) is 11.3 Å². The summed E-state index contributed by atoms with van der Waals surface area (Å²) in [4.78, 5) is 23.3. The van der Waals surface area contributed by atoms with Crippen LogP contribution in [0.4, 0.5) is 5.00 Å². The summed E-state index contributed by atoms with van der Waals surface area (Å²) in [5.74, 6) is -1.23. The molecule has 0 aromatic carbocycles. The molecule has 1 aliphatic carbocycles. The Labute approximate surface area is 114 Å². The predicted molar refractivity (Wildman–Crippen MR) is 70.8 cm³/mol. The van der Waals surface area contributed by atoms with E-state index in [1.54, 1.807) is 11.4 Å². The van der Waals surface area contributed by atoms with Crippen molar-refractivity contribution in [3.05, 3.63) is 17.0 Å². The summed E-state index contributed by atoms with van der Waals surface area (Å²) in [5.41, 5.74) is -0.511. The molecule has 1 aromatic heterocycles. The fraction of sp³-hybridized carbons (Fsp3) is 0.462. The van der Waals surface area contributed by atoms with Gasteiger partial charge in [0.15, 0.2) is 0 Å². The quantitative estimate of drug-likeness (QED) is 0.885. The number of carbonyl (C=O) groups excluding carboxylic acids is 1. The van der Waals surface area contributed by atoms with Crippen molar-refractivity contribution < 1.29 is 14.7 Å². The molecule has 5 nitrogen and oxygen atoms in total. The predicted octanol–water partition coefficient (Wildman–Crippen LogP) is 2.59. The second-order valence-electron chi connectivity index (χ2n) is 4.79. The molecule has 1 aliphatic rings. The maximum atomic E-state index is 12.0. The Bertz CT molecular complexity index is 538. The van der Waals surface area contributed by atoms with Crippen LogP contribution in [0.3, 0.4) is 0 Å². The Hall–Kier alpha value is -1.87. The summed E-state index contributed by atoms with van der Waals surface area (Å²) in [7, 11) is 0. The average molecular weight is 278 g/mol. The van der Waals surface area contributed by atoms with Gasteiger partial charge in [-0.05, 0) is 24.3 Å². The molecule has 0 unspecified atom stereocenters. The van der Waals surface area contributed by atoms with Crippen LogP contribution in [0.1, 0.15) is 37.7 Å². The number of carbonyl (C=O) groups is 2. The molecule has 0 atom stereocenters. The van der Waals surface area contributed by atoms with Crippen molar-refractivity contribution in [2.45, 2.75) is 32.1 Å². The molecule has 1 amide bonds. The number of anilines is 1. The number of thiophene rings is 1. The third kappa shape index (κ3) is 2.76. The molecule has 0 aliphatic heterocycles. The van der Waals surface area contributed by atoms with Gasteiger partial charge in [0.25, 0.3) is 0 Å². The maximum absolute atomic E-state index is 12.0. The lowest BCUT2D eigenvalue weighted by Crippen LogP contribution is -2.32. The Morgan fingerprint density at radius 1 is 1.47 bits per heavy atom. The van der Waals surface area contributed by atoms with E-state index in [2.05, 4.69) is 5.32 Å². The van der Waals surface area contributed by atoms with E-state index in [1.807, 2.05) is 6.07 Å². The van der Waals surface area contributed by atoms with Gasteiger partial charge in [-0.15, -0.1) is 11.3 Å². The molecule has 19 heavy (non-hydrogen) atoms. The highest BCUT2D eigenvalue weighted by atomic mass is 32.1. The first-order valence-corrected chi connectivity index (χ1v) is 6.96. The number of aliphatic carboxylic acids is 1. The van der Waals surface area contributed by atoms with Gasteiger partial charge in [-0.25, -0.2) is 0 Å². The molecule has 1 aromatic rings. The topological polar surface area (TPSA) is 90.2 Å². The number of amides is 1. The number of nitrogens with zero attached hydrogens (tertiary/aromatic N) is 1. The first-order valence-electron chi connectivity index (χ1n) is 6.08. The number of nitriles is 1. The Kier molecular flexibility index (Phi) is 3.86. The van der Waals surface area contributed by atoms with Gasteiger partial charge in [0, 0.05) is 6.42 Å². The van der Waals surface area contributed by atoms with Gasteiger partial charge < -0.3 is 10.4 Å². The molecule has 1 saturated carbocycles. The summed E-state index contributed by atoms with van der Waals surface area (Å²) in [6.45, 7) is 0. The van der Waals surface area contributed by atoms with Crippen molar-refractivity contribution in [1.29, 1.82) is 5.26 Å². The van der Waals surface area contributed by atoms with Gasteiger partial charge >= 0.3 is 5.97 Å². The summed E-state index contributed by atoms with van der Waals surface area (Å²) < 4.78 is 0. The summed E-state index contributed by atoms with van der Waals surface area (Å²) in [6.07, 6.45) is 2.77. The van der Waals surface area contributed by atoms with E-state index in [9.17, 15) is 14.7 Å².